The molecule has 0 aliphatic rings. The van der Waals surface area contributed by atoms with Crippen LogP contribution < -0.4 is 4.31 Å². The summed E-state index contributed by atoms with van der Waals surface area (Å²) in [6.07, 6.45) is 0. The molecule has 0 aliphatic heterocycles. The molecule has 0 aliphatic carbocycles. The molecule has 112 valence electrons. The van der Waals surface area contributed by atoms with Gasteiger partial charge in [0.15, 0.2) is 0 Å². The Hall–Kier alpha value is -1.81. The second kappa shape index (κ2) is 5.90. The zero-order chi connectivity index (χ0) is 15.6. The summed E-state index contributed by atoms with van der Waals surface area (Å²) in [6, 6.07) is 14.5. The highest BCUT2D eigenvalue weighted by Crippen LogP contribution is 2.28. The number of nitrogens with zero attached hydrogens (tertiary/aromatic N) is 1. The molecule has 0 heterocycles. The predicted molar refractivity (Wildman–Crippen MR) is 87.2 cm³/mol. The van der Waals surface area contributed by atoms with Crippen LogP contribution in [0.4, 0.5) is 5.69 Å². The average molecular weight is 303 g/mol. The van der Waals surface area contributed by atoms with E-state index in [9.17, 15) is 8.42 Å². The van der Waals surface area contributed by atoms with Gasteiger partial charge in [-0.2, -0.15) is 0 Å². The van der Waals surface area contributed by atoms with Gasteiger partial charge < -0.3 is 0 Å². The van der Waals surface area contributed by atoms with Crippen LogP contribution in [-0.4, -0.2) is 14.5 Å². The Labute approximate surface area is 127 Å². The largest absolute Gasteiger partial charge is 0.264 e. The average Bonchev–Trinajstić information content (AvgIpc) is 2.38. The van der Waals surface area contributed by atoms with Crippen LogP contribution in [0.3, 0.4) is 0 Å². The summed E-state index contributed by atoms with van der Waals surface area (Å²) in [5.74, 6) is 0. The minimum absolute atomic E-state index is 0.155. The van der Waals surface area contributed by atoms with Gasteiger partial charge in [0, 0.05) is 6.04 Å². The molecule has 0 amide bonds. The number of aryl methyl sites for hydroxylation is 2. The fraction of sp³-hybridized carbons (Fsp3) is 0.294. The van der Waals surface area contributed by atoms with Crippen molar-refractivity contribution in [1.29, 1.82) is 0 Å². The summed E-state index contributed by atoms with van der Waals surface area (Å²) in [6.45, 7) is 7.56. The van der Waals surface area contributed by atoms with Crippen molar-refractivity contribution in [3.63, 3.8) is 0 Å². The van der Waals surface area contributed by atoms with Gasteiger partial charge in [-0.25, -0.2) is 8.42 Å². The maximum atomic E-state index is 13.0. The zero-order valence-electron chi connectivity index (χ0n) is 12.9. The van der Waals surface area contributed by atoms with Crippen molar-refractivity contribution in [3.05, 3.63) is 59.7 Å². The van der Waals surface area contributed by atoms with Crippen molar-refractivity contribution in [1.82, 2.24) is 0 Å². The van der Waals surface area contributed by atoms with Crippen molar-refractivity contribution in [2.24, 2.45) is 0 Å². The van der Waals surface area contributed by atoms with Crippen LogP contribution in [0.2, 0.25) is 0 Å². The van der Waals surface area contributed by atoms with Crippen molar-refractivity contribution in [3.8, 4) is 0 Å². The molecule has 0 aromatic heterocycles. The number of rotatable bonds is 4. The van der Waals surface area contributed by atoms with Crippen LogP contribution in [0, 0.1) is 13.8 Å². The van der Waals surface area contributed by atoms with E-state index in [-0.39, 0.29) is 6.04 Å². The molecule has 0 radical (unpaired) electrons. The van der Waals surface area contributed by atoms with Gasteiger partial charge in [0.2, 0.25) is 0 Å². The first-order valence-corrected chi connectivity index (χ1v) is 8.45. The minimum Gasteiger partial charge on any atom is -0.264 e. The van der Waals surface area contributed by atoms with Gasteiger partial charge in [-0.3, -0.25) is 4.31 Å². The Kier molecular flexibility index (Phi) is 4.37. The van der Waals surface area contributed by atoms with Crippen LogP contribution in [-0.2, 0) is 10.0 Å². The Morgan fingerprint density at radius 1 is 0.952 bits per heavy atom. The van der Waals surface area contributed by atoms with Gasteiger partial charge in [-0.15, -0.1) is 0 Å². The van der Waals surface area contributed by atoms with E-state index in [2.05, 4.69) is 0 Å². The number of sulfonamides is 1. The molecular weight excluding hydrogens is 282 g/mol. The molecule has 2 rings (SSSR count). The van der Waals surface area contributed by atoms with E-state index in [1.807, 2.05) is 70.2 Å². The molecule has 3 nitrogen and oxygen atoms in total. The zero-order valence-corrected chi connectivity index (χ0v) is 13.7. The Morgan fingerprint density at radius 3 is 2.10 bits per heavy atom. The van der Waals surface area contributed by atoms with Crippen LogP contribution in [0.5, 0.6) is 0 Å². The highest BCUT2D eigenvalue weighted by Gasteiger charge is 2.28. The summed E-state index contributed by atoms with van der Waals surface area (Å²) < 4.78 is 27.5. The molecule has 21 heavy (non-hydrogen) atoms. The van der Waals surface area contributed by atoms with E-state index in [0.717, 1.165) is 11.1 Å². The van der Waals surface area contributed by atoms with Crippen LogP contribution >= 0.6 is 0 Å². The van der Waals surface area contributed by atoms with Gasteiger partial charge in [-0.05, 0) is 51.5 Å². The number of hydrogen-bond acceptors (Lipinski definition) is 2. The molecule has 0 bridgehead atoms. The normalized spacial score (nSPS) is 11.7. The molecular formula is C17H21NO2S. The second-order valence-electron chi connectivity index (χ2n) is 5.50. The van der Waals surface area contributed by atoms with Crippen LogP contribution in [0.1, 0.15) is 25.0 Å². The van der Waals surface area contributed by atoms with Gasteiger partial charge in [0.05, 0.1) is 10.6 Å². The fourth-order valence-electron chi connectivity index (χ4n) is 2.48. The summed E-state index contributed by atoms with van der Waals surface area (Å²) in [5, 5.41) is 0. The second-order valence-corrected chi connectivity index (χ2v) is 7.28. The monoisotopic (exact) mass is 303 g/mol. The molecule has 0 saturated heterocycles. The number of para-hydroxylation sites is 1. The van der Waals surface area contributed by atoms with E-state index in [1.54, 1.807) is 6.07 Å². The van der Waals surface area contributed by atoms with Gasteiger partial charge in [0.25, 0.3) is 10.0 Å². The Balaban J connectivity index is 2.59. The van der Waals surface area contributed by atoms with Crippen molar-refractivity contribution >= 4 is 15.7 Å². The molecule has 0 N–H and O–H groups in total. The third kappa shape index (κ3) is 3.10. The molecule has 4 heteroatoms. The molecule has 0 fully saturated rings. The smallest absolute Gasteiger partial charge is 0.264 e. The maximum absolute atomic E-state index is 13.0. The number of benzene rings is 2. The van der Waals surface area contributed by atoms with Gasteiger partial charge in [0.1, 0.15) is 0 Å². The predicted octanol–water partition coefficient (Wildman–Crippen LogP) is 3.91. The first-order valence-electron chi connectivity index (χ1n) is 7.01. The Morgan fingerprint density at radius 2 is 1.57 bits per heavy atom. The van der Waals surface area contributed by atoms with Crippen LogP contribution in [0.15, 0.2) is 53.4 Å². The van der Waals surface area contributed by atoms with Gasteiger partial charge in [-0.1, -0.05) is 35.9 Å². The Bertz CT molecular complexity index is 722. The maximum Gasteiger partial charge on any atom is 0.264 e. The highest BCUT2D eigenvalue weighted by molar-refractivity contribution is 7.93. The summed E-state index contributed by atoms with van der Waals surface area (Å²) >= 11 is 0. The number of anilines is 1. The lowest BCUT2D eigenvalue weighted by molar-refractivity contribution is 0.583. The number of hydrogen-bond donors (Lipinski definition) is 0. The first kappa shape index (κ1) is 15.6. The van der Waals surface area contributed by atoms with E-state index in [0.29, 0.717) is 10.6 Å². The quantitative estimate of drug-likeness (QED) is 0.859. The lowest BCUT2D eigenvalue weighted by Gasteiger charge is -2.29. The van der Waals surface area contributed by atoms with E-state index < -0.39 is 10.0 Å². The summed E-state index contributed by atoms with van der Waals surface area (Å²) in [5.41, 5.74) is 2.52. The first-order chi connectivity index (χ1) is 9.84. The van der Waals surface area contributed by atoms with Crippen LogP contribution in [0.25, 0.3) is 0 Å². The molecule has 0 spiro atoms. The molecule has 0 unspecified atom stereocenters. The molecule has 2 aromatic carbocycles. The summed E-state index contributed by atoms with van der Waals surface area (Å²) in [7, 11) is -3.57. The van der Waals surface area contributed by atoms with E-state index in [1.165, 1.54) is 4.31 Å². The van der Waals surface area contributed by atoms with Crippen molar-refractivity contribution in [2.75, 3.05) is 4.31 Å². The molecule has 2 aromatic rings. The van der Waals surface area contributed by atoms with Gasteiger partial charge >= 0.3 is 0 Å². The topological polar surface area (TPSA) is 37.4 Å². The standard InChI is InChI=1S/C17H21NO2S/c1-13(2)18(16-8-6-5-7-9-16)21(19,20)17-11-10-14(3)12-15(17)4/h5-13H,1-4H3. The SMILES string of the molecule is Cc1ccc(S(=O)(=O)N(c2ccccc2)C(C)C)c(C)c1. The lowest BCUT2D eigenvalue weighted by Crippen LogP contribution is -2.37. The third-order valence-corrected chi connectivity index (χ3v) is 5.51. The minimum atomic E-state index is -3.57. The lowest BCUT2D eigenvalue weighted by atomic mass is 10.2. The van der Waals surface area contributed by atoms with E-state index in [4.69, 9.17) is 0 Å². The fourth-order valence-corrected chi connectivity index (χ4v) is 4.36. The molecule has 0 atom stereocenters. The van der Waals surface area contributed by atoms with Crippen molar-refractivity contribution in [2.45, 2.75) is 38.6 Å². The highest BCUT2D eigenvalue weighted by atomic mass is 32.2. The molecule has 0 saturated carbocycles. The van der Waals surface area contributed by atoms with Crippen molar-refractivity contribution < 1.29 is 8.42 Å². The summed E-state index contributed by atoms with van der Waals surface area (Å²) in [4.78, 5) is 0.366. The van der Waals surface area contributed by atoms with E-state index >= 15 is 0 Å². The third-order valence-electron chi connectivity index (χ3n) is 3.35.